The molecule has 0 aliphatic carbocycles. The minimum absolute atomic E-state index is 0.0825. The van der Waals surface area contributed by atoms with Crippen molar-refractivity contribution in [2.75, 3.05) is 31.1 Å². The number of carboxylic acids is 2. The number of aromatic nitrogens is 4. The van der Waals surface area contributed by atoms with E-state index >= 15 is 0 Å². The molecule has 0 atom stereocenters. The first-order valence-electron chi connectivity index (χ1n) is 12.6. The molecular formula is C25H26F6N6O5. The molecule has 2 aliphatic rings. The maximum absolute atomic E-state index is 12.6. The van der Waals surface area contributed by atoms with Crippen molar-refractivity contribution >= 4 is 29.2 Å². The highest BCUT2D eigenvalue weighted by atomic mass is 19.4. The predicted molar refractivity (Wildman–Crippen MR) is 134 cm³/mol. The summed E-state index contributed by atoms with van der Waals surface area (Å²) in [5.41, 5.74) is 2.82. The molecule has 0 spiro atoms. The summed E-state index contributed by atoms with van der Waals surface area (Å²) < 4.78 is 65.4. The smallest absolute Gasteiger partial charge is 0.475 e. The average molecular weight is 605 g/mol. The van der Waals surface area contributed by atoms with Crippen LogP contribution in [0.25, 0.3) is 5.65 Å². The number of rotatable bonds is 3. The lowest BCUT2D eigenvalue weighted by atomic mass is 9.96. The lowest BCUT2D eigenvalue weighted by Crippen LogP contribution is -2.38. The molecule has 42 heavy (non-hydrogen) atoms. The minimum Gasteiger partial charge on any atom is -0.475 e. The van der Waals surface area contributed by atoms with E-state index in [9.17, 15) is 31.1 Å². The summed E-state index contributed by atoms with van der Waals surface area (Å²) in [6.07, 6.45) is -0.429. The first-order valence-corrected chi connectivity index (χ1v) is 12.6. The van der Waals surface area contributed by atoms with Gasteiger partial charge in [0, 0.05) is 50.1 Å². The topological polar surface area (TPSA) is 141 Å². The van der Waals surface area contributed by atoms with E-state index in [2.05, 4.69) is 28.2 Å². The van der Waals surface area contributed by atoms with Crippen LogP contribution in [0.3, 0.4) is 0 Å². The molecule has 0 saturated carbocycles. The second-order valence-corrected chi connectivity index (χ2v) is 9.26. The van der Waals surface area contributed by atoms with Crippen LogP contribution < -0.4 is 4.90 Å². The van der Waals surface area contributed by atoms with Gasteiger partial charge in [-0.1, -0.05) is 0 Å². The fourth-order valence-electron chi connectivity index (χ4n) is 4.24. The molecule has 5 heterocycles. The number of carbonyl (C=O) groups is 3. The average Bonchev–Trinajstić information content (AvgIpc) is 3.63. The van der Waals surface area contributed by atoms with Crippen molar-refractivity contribution in [1.82, 2.24) is 24.5 Å². The van der Waals surface area contributed by atoms with E-state index in [0.717, 1.165) is 50.5 Å². The molecule has 0 bridgehead atoms. The molecule has 1 amide bonds. The number of fused-ring (bicyclic) bond motifs is 1. The van der Waals surface area contributed by atoms with Gasteiger partial charge in [0.05, 0.1) is 11.9 Å². The van der Waals surface area contributed by atoms with Crippen LogP contribution in [-0.2, 0) is 9.59 Å². The molecule has 17 heteroatoms. The van der Waals surface area contributed by atoms with Gasteiger partial charge in [0.25, 0.3) is 5.91 Å². The maximum atomic E-state index is 12.6. The van der Waals surface area contributed by atoms with Crippen LogP contribution in [0.4, 0.5) is 32.0 Å². The normalized spacial score (nSPS) is 15.9. The van der Waals surface area contributed by atoms with Crippen LogP contribution in [0, 0.1) is 0 Å². The van der Waals surface area contributed by atoms with Gasteiger partial charge < -0.3 is 20.0 Å². The highest BCUT2D eigenvalue weighted by molar-refractivity contribution is 5.94. The summed E-state index contributed by atoms with van der Waals surface area (Å²) in [5.74, 6) is -4.23. The van der Waals surface area contributed by atoms with E-state index in [1.54, 1.807) is 24.5 Å². The Morgan fingerprint density at radius 3 is 1.83 bits per heavy atom. The number of carboxylic acid groups (broad SMARTS) is 2. The Morgan fingerprint density at radius 1 is 0.810 bits per heavy atom. The van der Waals surface area contributed by atoms with Crippen molar-refractivity contribution in [2.45, 2.75) is 44.0 Å². The number of aliphatic carboxylic acids is 2. The number of piperidine rings is 1. The second-order valence-electron chi connectivity index (χ2n) is 9.26. The third-order valence-corrected chi connectivity index (χ3v) is 6.36. The molecule has 228 valence electrons. The van der Waals surface area contributed by atoms with Crippen LogP contribution in [-0.4, -0.2) is 91.1 Å². The van der Waals surface area contributed by atoms with Crippen molar-refractivity contribution in [3.63, 3.8) is 0 Å². The van der Waals surface area contributed by atoms with Crippen LogP contribution in [0.1, 0.15) is 47.8 Å². The number of alkyl halides is 6. The summed E-state index contributed by atoms with van der Waals surface area (Å²) in [6.45, 7) is 3.72. The van der Waals surface area contributed by atoms with Crippen LogP contribution in [0.5, 0.6) is 0 Å². The Balaban J connectivity index is 0.000000289. The Kier molecular flexibility index (Phi) is 10.3. The molecule has 2 fully saturated rings. The molecule has 11 nitrogen and oxygen atoms in total. The lowest BCUT2D eigenvalue weighted by Gasteiger charge is -2.30. The minimum atomic E-state index is -5.08. The summed E-state index contributed by atoms with van der Waals surface area (Å²) in [5, 5.41) is 19.0. The zero-order valence-electron chi connectivity index (χ0n) is 21.8. The molecule has 5 rings (SSSR count). The first-order chi connectivity index (χ1) is 19.7. The molecule has 0 radical (unpaired) electrons. The van der Waals surface area contributed by atoms with E-state index in [1.807, 2.05) is 9.42 Å². The van der Waals surface area contributed by atoms with Gasteiger partial charge in [-0.2, -0.15) is 31.4 Å². The summed E-state index contributed by atoms with van der Waals surface area (Å²) in [6, 6.07) is 7.76. The first kappa shape index (κ1) is 32.1. The largest absolute Gasteiger partial charge is 0.490 e. The van der Waals surface area contributed by atoms with Gasteiger partial charge >= 0.3 is 24.3 Å². The van der Waals surface area contributed by atoms with Crippen molar-refractivity contribution in [3.8, 4) is 0 Å². The van der Waals surface area contributed by atoms with Gasteiger partial charge in [-0.15, -0.1) is 0 Å². The van der Waals surface area contributed by atoms with Crippen molar-refractivity contribution in [2.24, 2.45) is 0 Å². The van der Waals surface area contributed by atoms with Gasteiger partial charge in [-0.25, -0.2) is 19.1 Å². The van der Waals surface area contributed by atoms with Gasteiger partial charge in [-0.3, -0.25) is 9.78 Å². The zero-order chi connectivity index (χ0) is 31.1. The van der Waals surface area contributed by atoms with Gasteiger partial charge in [0.1, 0.15) is 0 Å². The van der Waals surface area contributed by atoms with Gasteiger partial charge in [-0.05, 0) is 49.9 Å². The molecule has 2 N–H and O–H groups in total. The summed E-state index contributed by atoms with van der Waals surface area (Å²) in [7, 11) is 0. The third-order valence-electron chi connectivity index (χ3n) is 6.36. The van der Waals surface area contributed by atoms with E-state index < -0.39 is 24.3 Å². The van der Waals surface area contributed by atoms with Crippen LogP contribution in [0.2, 0.25) is 0 Å². The van der Waals surface area contributed by atoms with Crippen molar-refractivity contribution in [3.05, 3.63) is 54.2 Å². The van der Waals surface area contributed by atoms with Gasteiger partial charge in [0.2, 0.25) is 0 Å². The summed E-state index contributed by atoms with van der Waals surface area (Å²) in [4.78, 5) is 43.5. The molecule has 0 aromatic carbocycles. The molecule has 3 aromatic heterocycles. The number of halogens is 6. The number of pyridine rings is 2. The Labute approximate surface area is 234 Å². The zero-order valence-corrected chi connectivity index (χ0v) is 21.8. The van der Waals surface area contributed by atoms with Crippen LogP contribution in [0.15, 0.2) is 42.9 Å². The number of hydrogen-bond acceptors (Lipinski definition) is 7. The van der Waals surface area contributed by atoms with Gasteiger partial charge in [0.15, 0.2) is 11.5 Å². The molecular weight excluding hydrogens is 578 g/mol. The van der Waals surface area contributed by atoms with Crippen molar-refractivity contribution < 1.29 is 50.9 Å². The van der Waals surface area contributed by atoms with E-state index in [1.165, 1.54) is 18.5 Å². The number of carbonyl (C=O) groups excluding carboxylic acids is 1. The number of likely N-dealkylation sites (tertiary alicyclic amines) is 1. The van der Waals surface area contributed by atoms with Crippen molar-refractivity contribution in [1.29, 1.82) is 0 Å². The number of nitrogens with zero attached hydrogens (tertiary/aromatic N) is 6. The molecule has 2 saturated heterocycles. The number of hydrogen-bond donors (Lipinski definition) is 2. The Morgan fingerprint density at radius 2 is 1.33 bits per heavy atom. The lowest BCUT2D eigenvalue weighted by molar-refractivity contribution is -0.193. The highest BCUT2D eigenvalue weighted by Gasteiger charge is 2.39. The summed E-state index contributed by atoms with van der Waals surface area (Å²) >= 11 is 0. The maximum Gasteiger partial charge on any atom is 0.490 e. The standard InChI is InChI=1S/C21H24N6O.2C2HF3O2/c28-21(17-5-9-22-10-6-17)26-13-7-16(8-14-26)20-23-19-4-3-18(15-27(19)24-20)25-11-1-2-12-25;2*3-2(4,5)1(6)7/h3-6,9-10,15-16H,1-2,7-8,11-14H2;2*(H,6,7). The Hall–Kier alpha value is -4.44. The second kappa shape index (κ2) is 13.5. The third kappa shape index (κ3) is 8.78. The monoisotopic (exact) mass is 604 g/mol. The fraction of sp³-hybridized carbons (Fsp3) is 0.440. The number of amides is 1. The quantitative estimate of drug-likeness (QED) is 0.424. The van der Waals surface area contributed by atoms with E-state index in [4.69, 9.17) is 29.9 Å². The Bertz CT molecular complexity index is 1340. The highest BCUT2D eigenvalue weighted by Crippen LogP contribution is 2.28. The molecule has 3 aromatic rings. The molecule has 2 aliphatic heterocycles. The van der Waals surface area contributed by atoms with Crippen LogP contribution >= 0.6 is 0 Å². The van der Waals surface area contributed by atoms with E-state index in [-0.39, 0.29) is 5.91 Å². The molecule has 0 unspecified atom stereocenters. The predicted octanol–water partition coefficient (Wildman–Crippen LogP) is 4.01. The number of anilines is 1. The van der Waals surface area contributed by atoms with E-state index in [0.29, 0.717) is 11.5 Å². The fourth-order valence-corrected chi connectivity index (χ4v) is 4.24. The SMILES string of the molecule is O=C(O)C(F)(F)F.O=C(O)C(F)(F)F.O=C(c1ccncc1)N1CCC(c2nc3ccc(N4CCCC4)cn3n2)CC1.